The number of nitrogens with one attached hydrogen (secondary N) is 1. The van der Waals surface area contributed by atoms with Gasteiger partial charge in [-0.25, -0.2) is 0 Å². The number of hydrogen-bond acceptors (Lipinski definition) is 3. The molecular formula is C16H16N4O. The van der Waals surface area contributed by atoms with Crippen molar-refractivity contribution >= 4 is 22.5 Å². The Morgan fingerprint density at radius 1 is 1.29 bits per heavy atom. The van der Waals surface area contributed by atoms with Crippen molar-refractivity contribution in [1.82, 2.24) is 14.9 Å². The van der Waals surface area contributed by atoms with Crippen molar-refractivity contribution in [3.8, 4) is 0 Å². The number of anilines is 1. The molecule has 106 valence electrons. The molecule has 0 unspecified atom stereocenters. The molecule has 3 rings (SSSR count). The number of nitrogen functional groups attached to an aromatic ring is 1. The van der Waals surface area contributed by atoms with Crippen molar-refractivity contribution in [2.75, 3.05) is 12.8 Å². The molecule has 0 spiro atoms. The van der Waals surface area contributed by atoms with Crippen LogP contribution in [-0.4, -0.2) is 27.8 Å². The van der Waals surface area contributed by atoms with Crippen LogP contribution in [0.2, 0.25) is 0 Å². The number of amides is 1. The lowest BCUT2D eigenvalue weighted by molar-refractivity contribution is 0.0778. The molecule has 1 amide bonds. The molecule has 0 fully saturated rings. The number of nitrogens with two attached hydrogens (primary N) is 1. The van der Waals surface area contributed by atoms with Gasteiger partial charge in [0.1, 0.15) is 5.69 Å². The topological polar surface area (TPSA) is 75.0 Å². The molecule has 0 aliphatic heterocycles. The van der Waals surface area contributed by atoms with E-state index in [4.69, 9.17) is 5.73 Å². The molecule has 0 radical (unpaired) electrons. The Bertz CT molecular complexity index is 779. The largest absolute Gasteiger partial charge is 0.399 e. The second-order valence-corrected chi connectivity index (χ2v) is 5.01. The molecule has 21 heavy (non-hydrogen) atoms. The van der Waals surface area contributed by atoms with Crippen LogP contribution in [0.5, 0.6) is 0 Å². The van der Waals surface area contributed by atoms with Crippen molar-refractivity contribution in [3.63, 3.8) is 0 Å². The second kappa shape index (κ2) is 5.28. The zero-order valence-corrected chi connectivity index (χ0v) is 11.7. The van der Waals surface area contributed by atoms with Gasteiger partial charge < -0.3 is 15.6 Å². The molecule has 3 N–H and O–H groups in total. The summed E-state index contributed by atoms with van der Waals surface area (Å²) in [4.78, 5) is 21.4. The number of aromatic amines is 1. The van der Waals surface area contributed by atoms with Crippen LogP contribution in [0.1, 0.15) is 16.2 Å². The van der Waals surface area contributed by atoms with E-state index in [0.717, 1.165) is 16.6 Å². The Morgan fingerprint density at radius 2 is 2.14 bits per heavy atom. The van der Waals surface area contributed by atoms with Crippen LogP contribution >= 0.6 is 0 Å². The molecule has 0 bridgehead atoms. The van der Waals surface area contributed by atoms with E-state index in [1.165, 1.54) is 0 Å². The van der Waals surface area contributed by atoms with E-state index in [-0.39, 0.29) is 5.91 Å². The lowest BCUT2D eigenvalue weighted by atomic mass is 10.2. The lowest BCUT2D eigenvalue weighted by Gasteiger charge is -2.15. The first kappa shape index (κ1) is 13.2. The molecule has 2 heterocycles. The average molecular weight is 280 g/mol. The fourth-order valence-electron chi connectivity index (χ4n) is 2.28. The molecule has 0 aliphatic rings. The Hall–Kier alpha value is -2.82. The van der Waals surface area contributed by atoms with Crippen LogP contribution in [0.25, 0.3) is 10.9 Å². The molecule has 1 aromatic carbocycles. The summed E-state index contributed by atoms with van der Waals surface area (Å²) in [6, 6.07) is 13.0. The van der Waals surface area contributed by atoms with Gasteiger partial charge in [-0.1, -0.05) is 6.07 Å². The first-order valence-electron chi connectivity index (χ1n) is 6.67. The Morgan fingerprint density at radius 3 is 2.90 bits per heavy atom. The molecule has 0 saturated heterocycles. The number of rotatable bonds is 3. The first-order chi connectivity index (χ1) is 10.1. The third-order valence-electron chi connectivity index (χ3n) is 3.35. The predicted octanol–water partition coefficient (Wildman–Crippen LogP) is 2.42. The number of carbonyl (C=O) groups excluding carboxylic acids is 1. The van der Waals surface area contributed by atoms with Gasteiger partial charge in [-0.05, 0) is 36.4 Å². The van der Waals surface area contributed by atoms with Crippen molar-refractivity contribution in [3.05, 3.63) is 60.0 Å². The fourth-order valence-corrected chi connectivity index (χ4v) is 2.28. The third-order valence-corrected chi connectivity index (χ3v) is 3.35. The van der Waals surface area contributed by atoms with Crippen LogP contribution in [0.15, 0.2) is 48.7 Å². The summed E-state index contributed by atoms with van der Waals surface area (Å²) in [6.45, 7) is 0.469. The van der Waals surface area contributed by atoms with Gasteiger partial charge >= 0.3 is 0 Å². The van der Waals surface area contributed by atoms with E-state index >= 15 is 0 Å². The summed E-state index contributed by atoms with van der Waals surface area (Å²) >= 11 is 0. The summed E-state index contributed by atoms with van der Waals surface area (Å²) in [5.74, 6) is -0.0737. The number of hydrogen-bond donors (Lipinski definition) is 2. The van der Waals surface area contributed by atoms with E-state index in [2.05, 4.69) is 9.97 Å². The number of fused-ring (bicyclic) bond motifs is 1. The average Bonchev–Trinajstić information content (AvgIpc) is 2.90. The number of benzene rings is 1. The second-order valence-electron chi connectivity index (χ2n) is 5.01. The Kier molecular flexibility index (Phi) is 3.31. The summed E-state index contributed by atoms with van der Waals surface area (Å²) in [6.07, 6.45) is 1.72. The van der Waals surface area contributed by atoms with Gasteiger partial charge in [0.15, 0.2) is 0 Å². The van der Waals surface area contributed by atoms with Crippen molar-refractivity contribution < 1.29 is 4.79 Å². The molecule has 5 nitrogen and oxygen atoms in total. The monoisotopic (exact) mass is 280 g/mol. The number of H-pyrrole nitrogens is 1. The van der Waals surface area contributed by atoms with Gasteiger partial charge in [0.2, 0.25) is 0 Å². The molecular weight excluding hydrogens is 264 g/mol. The van der Waals surface area contributed by atoms with E-state index in [0.29, 0.717) is 17.9 Å². The third kappa shape index (κ3) is 2.72. The minimum atomic E-state index is -0.0737. The highest BCUT2D eigenvalue weighted by Gasteiger charge is 2.15. The van der Waals surface area contributed by atoms with E-state index in [1.807, 2.05) is 42.5 Å². The van der Waals surface area contributed by atoms with Crippen LogP contribution < -0.4 is 5.73 Å². The van der Waals surface area contributed by atoms with Gasteiger partial charge in [-0.3, -0.25) is 9.78 Å². The quantitative estimate of drug-likeness (QED) is 0.723. The fraction of sp³-hybridized carbons (Fsp3) is 0.125. The zero-order valence-electron chi connectivity index (χ0n) is 11.7. The Balaban J connectivity index is 1.82. The summed E-state index contributed by atoms with van der Waals surface area (Å²) in [7, 11) is 1.76. The van der Waals surface area contributed by atoms with Crippen molar-refractivity contribution in [2.45, 2.75) is 6.54 Å². The van der Waals surface area contributed by atoms with Gasteiger partial charge in [0.25, 0.3) is 5.91 Å². The number of nitrogens with zero attached hydrogens (tertiary/aromatic N) is 2. The minimum absolute atomic E-state index is 0.0737. The van der Waals surface area contributed by atoms with Crippen molar-refractivity contribution in [1.29, 1.82) is 0 Å². The maximum Gasteiger partial charge on any atom is 0.270 e. The van der Waals surface area contributed by atoms with Crippen LogP contribution in [0.4, 0.5) is 5.69 Å². The van der Waals surface area contributed by atoms with E-state index in [1.54, 1.807) is 18.1 Å². The van der Waals surface area contributed by atoms with Crippen molar-refractivity contribution in [2.24, 2.45) is 0 Å². The summed E-state index contributed by atoms with van der Waals surface area (Å²) in [5.41, 5.74) is 8.74. The number of carbonyl (C=O) groups is 1. The molecule has 3 aromatic rings. The minimum Gasteiger partial charge on any atom is -0.399 e. The highest BCUT2D eigenvalue weighted by Crippen LogP contribution is 2.19. The predicted molar refractivity (Wildman–Crippen MR) is 82.7 cm³/mol. The Labute approximate surface area is 122 Å². The summed E-state index contributed by atoms with van der Waals surface area (Å²) in [5, 5.41) is 0.935. The standard InChI is InChI=1S/C16H16N4O/c1-20(10-13-4-2-3-7-18-13)16(21)15-9-11-8-12(17)5-6-14(11)19-15/h2-9,19H,10,17H2,1H3. The highest BCUT2D eigenvalue weighted by atomic mass is 16.2. The number of aromatic nitrogens is 2. The van der Waals surface area contributed by atoms with E-state index < -0.39 is 0 Å². The maximum atomic E-state index is 12.4. The van der Waals surface area contributed by atoms with Gasteiger partial charge in [0, 0.05) is 29.8 Å². The molecule has 2 aromatic heterocycles. The van der Waals surface area contributed by atoms with Gasteiger partial charge in [0.05, 0.1) is 12.2 Å². The van der Waals surface area contributed by atoms with Crippen LogP contribution in [0.3, 0.4) is 0 Å². The highest BCUT2D eigenvalue weighted by molar-refractivity contribution is 5.98. The SMILES string of the molecule is CN(Cc1ccccn1)C(=O)c1cc2cc(N)ccc2[nH]1. The zero-order chi connectivity index (χ0) is 14.8. The van der Waals surface area contributed by atoms with Gasteiger partial charge in [-0.2, -0.15) is 0 Å². The van der Waals surface area contributed by atoms with Crippen LogP contribution in [0, 0.1) is 0 Å². The molecule has 0 saturated carbocycles. The van der Waals surface area contributed by atoms with Gasteiger partial charge in [-0.15, -0.1) is 0 Å². The molecule has 5 heteroatoms. The van der Waals surface area contributed by atoms with E-state index in [9.17, 15) is 4.79 Å². The smallest absolute Gasteiger partial charge is 0.270 e. The molecule has 0 atom stereocenters. The summed E-state index contributed by atoms with van der Waals surface area (Å²) < 4.78 is 0. The van der Waals surface area contributed by atoms with Crippen LogP contribution in [-0.2, 0) is 6.54 Å². The maximum absolute atomic E-state index is 12.4. The lowest BCUT2D eigenvalue weighted by Crippen LogP contribution is -2.26. The molecule has 0 aliphatic carbocycles. The number of pyridine rings is 1. The normalized spacial score (nSPS) is 10.7. The first-order valence-corrected chi connectivity index (χ1v) is 6.67.